The van der Waals surface area contributed by atoms with Gasteiger partial charge in [0.25, 0.3) is 5.56 Å². The molecule has 0 fully saturated rings. The van der Waals surface area contributed by atoms with Crippen molar-refractivity contribution in [2.75, 3.05) is 17.2 Å². The van der Waals surface area contributed by atoms with Crippen LogP contribution in [0.3, 0.4) is 0 Å². The Hall–Kier alpha value is -2.30. The molecule has 18 heavy (non-hydrogen) atoms. The van der Waals surface area contributed by atoms with Crippen LogP contribution in [0.25, 0.3) is 0 Å². The molecule has 5 heteroatoms. The summed E-state index contributed by atoms with van der Waals surface area (Å²) >= 11 is 0. The first-order valence-corrected chi connectivity index (χ1v) is 5.90. The highest BCUT2D eigenvalue weighted by atomic mass is 16.1. The van der Waals surface area contributed by atoms with Crippen molar-refractivity contribution in [3.63, 3.8) is 0 Å². The summed E-state index contributed by atoms with van der Waals surface area (Å²) in [5.74, 6) is 0.577. The maximum atomic E-state index is 11.5. The van der Waals surface area contributed by atoms with Crippen LogP contribution in [0.1, 0.15) is 11.1 Å². The number of nitrogens with one attached hydrogen (secondary N) is 1. The number of anilines is 2. The smallest absolute Gasteiger partial charge is 0.276 e. The Morgan fingerprint density at radius 2 is 2.06 bits per heavy atom. The lowest BCUT2D eigenvalue weighted by molar-refractivity contribution is 0.720. The maximum Gasteiger partial charge on any atom is 0.276 e. The fraction of sp³-hybridized carbons (Fsp3) is 0.231. The molecule has 2 aromatic rings. The van der Waals surface area contributed by atoms with E-state index in [4.69, 9.17) is 5.73 Å². The quantitative estimate of drug-likeness (QED) is 0.779. The van der Waals surface area contributed by atoms with Gasteiger partial charge in [0.2, 0.25) is 0 Å². The summed E-state index contributed by atoms with van der Waals surface area (Å²) in [7, 11) is 0. The second-order valence-electron chi connectivity index (χ2n) is 4.41. The summed E-state index contributed by atoms with van der Waals surface area (Å²) in [6.45, 7) is 1.58. The van der Waals surface area contributed by atoms with Gasteiger partial charge in [0.1, 0.15) is 5.69 Å². The van der Waals surface area contributed by atoms with Crippen molar-refractivity contribution in [2.45, 2.75) is 13.0 Å². The van der Waals surface area contributed by atoms with Gasteiger partial charge < -0.3 is 15.6 Å². The number of H-pyrrole nitrogens is 1. The Morgan fingerprint density at radius 1 is 1.28 bits per heavy atom. The predicted molar refractivity (Wildman–Crippen MR) is 70.5 cm³/mol. The summed E-state index contributed by atoms with van der Waals surface area (Å²) in [6, 6.07) is 8.32. The Balaban J connectivity index is 1.97. The molecular formula is C13H14N4O. The molecule has 0 radical (unpaired) electrons. The average molecular weight is 242 g/mol. The summed E-state index contributed by atoms with van der Waals surface area (Å²) < 4.78 is 0. The minimum atomic E-state index is -0.279. The zero-order chi connectivity index (χ0) is 12.5. The van der Waals surface area contributed by atoms with Gasteiger partial charge in [-0.1, -0.05) is 24.3 Å². The van der Waals surface area contributed by atoms with E-state index in [1.165, 1.54) is 17.5 Å². The Kier molecular flexibility index (Phi) is 2.51. The van der Waals surface area contributed by atoms with E-state index in [2.05, 4.69) is 22.1 Å². The molecule has 0 unspecified atom stereocenters. The first-order valence-electron chi connectivity index (χ1n) is 5.90. The van der Waals surface area contributed by atoms with Crippen molar-refractivity contribution < 1.29 is 0 Å². The van der Waals surface area contributed by atoms with Crippen LogP contribution in [0.4, 0.5) is 11.5 Å². The summed E-state index contributed by atoms with van der Waals surface area (Å²) in [6.07, 6.45) is 2.35. The second-order valence-corrected chi connectivity index (χ2v) is 4.41. The van der Waals surface area contributed by atoms with Crippen molar-refractivity contribution >= 4 is 11.5 Å². The number of hydrogen-bond acceptors (Lipinski definition) is 4. The van der Waals surface area contributed by atoms with Gasteiger partial charge in [-0.25, -0.2) is 4.98 Å². The summed E-state index contributed by atoms with van der Waals surface area (Å²) in [5, 5.41) is 0. The van der Waals surface area contributed by atoms with Crippen LogP contribution in [-0.4, -0.2) is 16.5 Å². The van der Waals surface area contributed by atoms with E-state index in [0.717, 1.165) is 19.5 Å². The monoisotopic (exact) mass is 242 g/mol. The fourth-order valence-corrected chi connectivity index (χ4v) is 2.33. The number of benzene rings is 1. The van der Waals surface area contributed by atoms with Gasteiger partial charge in [0.15, 0.2) is 5.82 Å². The van der Waals surface area contributed by atoms with Crippen LogP contribution in [0.2, 0.25) is 0 Å². The fourth-order valence-electron chi connectivity index (χ4n) is 2.33. The predicted octanol–water partition coefficient (Wildman–Crippen LogP) is 0.915. The second kappa shape index (κ2) is 4.18. The molecule has 0 saturated heterocycles. The highest BCUT2D eigenvalue weighted by molar-refractivity contribution is 5.61. The van der Waals surface area contributed by atoms with Crippen LogP contribution in [0, 0.1) is 0 Å². The first-order chi connectivity index (χ1) is 8.75. The van der Waals surface area contributed by atoms with Gasteiger partial charge in [-0.05, 0) is 17.5 Å². The van der Waals surface area contributed by atoms with Crippen molar-refractivity contribution in [3.8, 4) is 0 Å². The molecule has 1 aliphatic heterocycles. The molecule has 1 aromatic carbocycles. The number of nitrogens with two attached hydrogens (primary N) is 1. The van der Waals surface area contributed by atoms with E-state index >= 15 is 0 Å². The number of hydrogen-bond donors (Lipinski definition) is 2. The van der Waals surface area contributed by atoms with E-state index in [-0.39, 0.29) is 11.2 Å². The molecule has 0 spiro atoms. The number of rotatable bonds is 1. The van der Waals surface area contributed by atoms with Gasteiger partial charge in [-0.15, -0.1) is 0 Å². The van der Waals surface area contributed by atoms with E-state index in [1.807, 2.05) is 17.0 Å². The molecule has 0 aliphatic carbocycles. The highest BCUT2D eigenvalue weighted by Gasteiger charge is 2.19. The molecule has 0 atom stereocenters. The molecular weight excluding hydrogens is 228 g/mol. The standard InChI is InChI=1S/C13H14N4O/c14-11-12(15-8-16-13(11)18)17-6-5-9-3-1-2-4-10(9)7-17/h1-4,8H,5-7,14H2,(H,15,16,18). The zero-order valence-electron chi connectivity index (χ0n) is 9.89. The van der Waals surface area contributed by atoms with Gasteiger partial charge in [0.05, 0.1) is 6.33 Å². The number of aromatic nitrogens is 2. The summed E-state index contributed by atoms with van der Waals surface area (Å²) in [5.41, 5.74) is 8.33. The SMILES string of the molecule is Nc1c(N2CCc3ccccc3C2)nc[nH]c1=O. The third-order valence-corrected chi connectivity index (χ3v) is 3.30. The Labute approximate surface area is 104 Å². The van der Waals surface area contributed by atoms with Crippen molar-refractivity contribution in [1.82, 2.24) is 9.97 Å². The molecule has 5 nitrogen and oxygen atoms in total. The van der Waals surface area contributed by atoms with E-state index in [1.54, 1.807) is 0 Å². The lowest BCUT2D eigenvalue weighted by Crippen LogP contribution is -2.33. The minimum Gasteiger partial charge on any atom is -0.391 e. The lowest BCUT2D eigenvalue weighted by atomic mass is 10.00. The van der Waals surface area contributed by atoms with Crippen LogP contribution < -0.4 is 16.2 Å². The summed E-state index contributed by atoms with van der Waals surface area (Å²) in [4.78, 5) is 20.2. The van der Waals surface area contributed by atoms with Crippen LogP contribution in [0.5, 0.6) is 0 Å². The highest BCUT2D eigenvalue weighted by Crippen LogP contribution is 2.24. The molecule has 3 rings (SSSR count). The maximum absolute atomic E-state index is 11.5. The zero-order valence-corrected chi connectivity index (χ0v) is 9.89. The van der Waals surface area contributed by atoms with Gasteiger partial charge in [-0.3, -0.25) is 4.79 Å². The lowest BCUT2D eigenvalue weighted by Gasteiger charge is -2.30. The van der Waals surface area contributed by atoms with Crippen LogP contribution >= 0.6 is 0 Å². The number of fused-ring (bicyclic) bond motifs is 1. The number of nitrogens with zero attached hydrogens (tertiary/aromatic N) is 2. The molecule has 1 aromatic heterocycles. The largest absolute Gasteiger partial charge is 0.391 e. The molecule has 0 saturated carbocycles. The normalized spacial score (nSPS) is 14.3. The van der Waals surface area contributed by atoms with E-state index in [0.29, 0.717) is 5.82 Å². The molecule has 92 valence electrons. The Bertz CT molecular complexity index is 635. The van der Waals surface area contributed by atoms with E-state index < -0.39 is 0 Å². The van der Waals surface area contributed by atoms with Crippen molar-refractivity contribution in [3.05, 3.63) is 52.1 Å². The van der Waals surface area contributed by atoms with E-state index in [9.17, 15) is 4.79 Å². The average Bonchev–Trinajstić information content (AvgIpc) is 2.41. The third kappa shape index (κ3) is 1.73. The van der Waals surface area contributed by atoms with Gasteiger partial charge in [0, 0.05) is 13.1 Å². The number of nitrogen functional groups attached to an aromatic ring is 1. The topological polar surface area (TPSA) is 75.0 Å². The molecule has 1 aliphatic rings. The molecule has 0 bridgehead atoms. The van der Waals surface area contributed by atoms with Crippen LogP contribution in [0.15, 0.2) is 35.4 Å². The molecule has 2 heterocycles. The third-order valence-electron chi connectivity index (χ3n) is 3.30. The minimum absolute atomic E-state index is 0.192. The van der Waals surface area contributed by atoms with Crippen molar-refractivity contribution in [2.24, 2.45) is 0 Å². The van der Waals surface area contributed by atoms with Gasteiger partial charge in [-0.2, -0.15) is 0 Å². The Morgan fingerprint density at radius 3 is 2.89 bits per heavy atom. The van der Waals surface area contributed by atoms with Crippen LogP contribution in [-0.2, 0) is 13.0 Å². The number of aromatic amines is 1. The van der Waals surface area contributed by atoms with Crippen molar-refractivity contribution in [1.29, 1.82) is 0 Å². The first kappa shape index (κ1) is 10.8. The van der Waals surface area contributed by atoms with Gasteiger partial charge >= 0.3 is 0 Å². The molecule has 0 amide bonds. The molecule has 3 N–H and O–H groups in total.